The topological polar surface area (TPSA) is 17.1 Å². The van der Waals surface area contributed by atoms with Crippen LogP contribution in [0.2, 0.25) is 0 Å². The van der Waals surface area contributed by atoms with Crippen LogP contribution in [0.5, 0.6) is 0 Å². The highest BCUT2D eigenvalue weighted by Crippen LogP contribution is 2.31. The third-order valence-corrected chi connectivity index (χ3v) is 5.17. The first-order chi connectivity index (χ1) is 10.4. The van der Waals surface area contributed by atoms with E-state index in [1.165, 1.54) is 16.7 Å². The van der Waals surface area contributed by atoms with Gasteiger partial charge in [-0.1, -0.05) is 37.3 Å². The average Bonchev–Trinajstić information content (AvgIpc) is 2.53. The smallest absolute Gasteiger partial charge is 0.170 e. The summed E-state index contributed by atoms with van der Waals surface area (Å²) in [5.74, 6) is 0.204. The molecule has 0 N–H and O–H groups in total. The molecule has 0 saturated carbocycles. The van der Waals surface area contributed by atoms with E-state index in [4.69, 9.17) is 0 Å². The molecule has 116 valence electrons. The quantitative estimate of drug-likeness (QED) is 0.670. The summed E-state index contributed by atoms with van der Waals surface area (Å²) in [6, 6.07) is 10.1. The molecule has 2 aromatic carbocycles. The first-order valence-electron chi connectivity index (χ1n) is 8.06. The molecule has 0 aromatic heterocycles. The van der Waals surface area contributed by atoms with Gasteiger partial charge in [0.25, 0.3) is 0 Å². The Hall–Kier alpha value is -1.89. The highest BCUT2D eigenvalue weighted by Gasteiger charge is 2.25. The molecule has 1 atom stereocenters. The molecule has 2 aromatic rings. The second-order valence-electron chi connectivity index (χ2n) is 6.24. The second-order valence-corrected chi connectivity index (χ2v) is 6.24. The van der Waals surface area contributed by atoms with Crippen molar-refractivity contribution < 1.29 is 4.79 Å². The summed E-state index contributed by atoms with van der Waals surface area (Å²) in [6.45, 7) is 12.6. The molecule has 0 radical (unpaired) electrons. The third-order valence-electron chi connectivity index (χ3n) is 5.17. The average molecular weight is 294 g/mol. The molecule has 0 saturated heterocycles. The summed E-state index contributed by atoms with van der Waals surface area (Å²) in [5.41, 5.74) is 8.11. The molecule has 2 rings (SSSR count). The Balaban J connectivity index is 2.58. The largest absolute Gasteiger partial charge is 0.293 e. The van der Waals surface area contributed by atoms with Crippen LogP contribution in [0, 0.1) is 34.6 Å². The number of carbonyl (C=O) groups is 1. The number of carbonyl (C=O) groups excluding carboxylic acids is 1. The Labute approximate surface area is 134 Å². The van der Waals surface area contributed by atoms with Crippen LogP contribution in [0.25, 0.3) is 0 Å². The first kappa shape index (κ1) is 16.5. The molecular weight excluding hydrogens is 268 g/mol. The van der Waals surface area contributed by atoms with E-state index in [0.29, 0.717) is 0 Å². The van der Waals surface area contributed by atoms with Gasteiger partial charge in [0.15, 0.2) is 5.78 Å². The lowest BCUT2D eigenvalue weighted by atomic mass is 9.81. The number of hydrogen-bond acceptors (Lipinski definition) is 1. The summed E-state index contributed by atoms with van der Waals surface area (Å²) in [5, 5.41) is 0. The minimum Gasteiger partial charge on any atom is -0.293 e. The predicted octanol–water partition coefficient (Wildman–Crippen LogP) is 5.61. The predicted molar refractivity (Wildman–Crippen MR) is 93.9 cm³/mol. The molecule has 0 fully saturated rings. The molecule has 1 nitrogen and oxygen atoms in total. The lowest BCUT2D eigenvalue weighted by Crippen LogP contribution is -2.17. The van der Waals surface area contributed by atoms with Crippen molar-refractivity contribution in [3.63, 3.8) is 0 Å². The SMILES string of the molecule is CCC(C(=O)c1c(C)c(C)c(C)c(C)c1C)c1ccccc1. The summed E-state index contributed by atoms with van der Waals surface area (Å²) in [6.07, 6.45) is 0.827. The minimum atomic E-state index is -0.0555. The van der Waals surface area contributed by atoms with Gasteiger partial charge in [0.1, 0.15) is 0 Å². The first-order valence-corrected chi connectivity index (χ1v) is 8.06. The van der Waals surface area contributed by atoms with E-state index in [-0.39, 0.29) is 11.7 Å². The molecule has 0 aliphatic rings. The summed E-state index contributed by atoms with van der Waals surface area (Å²) >= 11 is 0. The van der Waals surface area contributed by atoms with Gasteiger partial charge in [-0.05, 0) is 74.4 Å². The van der Waals surface area contributed by atoms with E-state index < -0.39 is 0 Å². The van der Waals surface area contributed by atoms with Gasteiger partial charge >= 0.3 is 0 Å². The van der Waals surface area contributed by atoms with Crippen LogP contribution in [0.15, 0.2) is 30.3 Å². The van der Waals surface area contributed by atoms with Crippen molar-refractivity contribution in [2.75, 3.05) is 0 Å². The maximum atomic E-state index is 13.2. The van der Waals surface area contributed by atoms with E-state index >= 15 is 0 Å². The van der Waals surface area contributed by atoms with Gasteiger partial charge in [0.05, 0.1) is 0 Å². The molecule has 0 amide bonds. The van der Waals surface area contributed by atoms with Crippen molar-refractivity contribution in [3.05, 3.63) is 69.3 Å². The van der Waals surface area contributed by atoms with E-state index in [0.717, 1.165) is 28.7 Å². The standard InChI is InChI=1S/C21H26O/c1-7-19(18-11-9-8-10-12-18)21(22)20-16(5)14(3)13(2)15(4)17(20)6/h8-12,19H,7H2,1-6H3. The van der Waals surface area contributed by atoms with Crippen molar-refractivity contribution in [1.29, 1.82) is 0 Å². The van der Waals surface area contributed by atoms with Gasteiger partial charge in [-0.25, -0.2) is 0 Å². The van der Waals surface area contributed by atoms with Crippen molar-refractivity contribution in [3.8, 4) is 0 Å². The van der Waals surface area contributed by atoms with Gasteiger partial charge < -0.3 is 0 Å². The Bertz CT molecular complexity index is 667. The van der Waals surface area contributed by atoms with Crippen LogP contribution in [0.4, 0.5) is 0 Å². The maximum absolute atomic E-state index is 13.2. The molecule has 0 heterocycles. The van der Waals surface area contributed by atoms with E-state index in [1.807, 2.05) is 18.2 Å². The van der Waals surface area contributed by atoms with Gasteiger partial charge in [-0.15, -0.1) is 0 Å². The van der Waals surface area contributed by atoms with Crippen LogP contribution in [-0.4, -0.2) is 5.78 Å². The molecular formula is C21H26O. The minimum absolute atomic E-state index is 0.0555. The van der Waals surface area contributed by atoms with Crippen molar-refractivity contribution in [2.24, 2.45) is 0 Å². The number of ketones is 1. The molecule has 0 spiro atoms. The lowest BCUT2D eigenvalue weighted by Gasteiger charge is -2.21. The van der Waals surface area contributed by atoms with Crippen LogP contribution in [0.3, 0.4) is 0 Å². The summed E-state index contributed by atoms with van der Waals surface area (Å²) in [7, 11) is 0. The molecule has 0 aliphatic heterocycles. The Kier molecular flexibility index (Phi) is 4.85. The zero-order valence-electron chi connectivity index (χ0n) is 14.6. The molecule has 22 heavy (non-hydrogen) atoms. The molecule has 0 aliphatic carbocycles. The lowest BCUT2D eigenvalue weighted by molar-refractivity contribution is 0.0956. The Morgan fingerprint density at radius 3 is 1.73 bits per heavy atom. The van der Waals surface area contributed by atoms with Crippen LogP contribution in [-0.2, 0) is 0 Å². The number of benzene rings is 2. The van der Waals surface area contributed by atoms with Crippen molar-refractivity contribution >= 4 is 5.78 Å². The summed E-state index contributed by atoms with van der Waals surface area (Å²) in [4.78, 5) is 13.2. The van der Waals surface area contributed by atoms with Crippen molar-refractivity contribution in [2.45, 2.75) is 53.9 Å². The zero-order chi connectivity index (χ0) is 16.4. The van der Waals surface area contributed by atoms with Crippen LogP contribution >= 0.6 is 0 Å². The molecule has 1 heteroatoms. The van der Waals surface area contributed by atoms with E-state index in [1.54, 1.807) is 0 Å². The zero-order valence-corrected chi connectivity index (χ0v) is 14.6. The molecule has 1 unspecified atom stereocenters. The third kappa shape index (κ3) is 2.72. The molecule has 0 bridgehead atoms. The van der Waals surface area contributed by atoms with Gasteiger partial charge in [0, 0.05) is 11.5 Å². The van der Waals surface area contributed by atoms with Gasteiger partial charge in [-0.3, -0.25) is 4.79 Å². The van der Waals surface area contributed by atoms with Crippen LogP contribution < -0.4 is 0 Å². The fourth-order valence-corrected chi connectivity index (χ4v) is 3.30. The summed E-state index contributed by atoms with van der Waals surface area (Å²) < 4.78 is 0. The fraction of sp³-hybridized carbons (Fsp3) is 0.381. The normalized spacial score (nSPS) is 12.3. The monoisotopic (exact) mass is 294 g/mol. The highest BCUT2D eigenvalue weighted by molar-refractivity contribution is 6.04. The second kappa shape index (κ2) is 6.48. The number of Topliss-reactive ketones (excluding diaryl/α,β-unsaturated/α-hetero) is 1. The van der Waals surface area contributed by atoms with E-state index in [9.17, 15) is 4.79 Å². The number of hydrogen-bond donors (Lipinski definition) is 0. The highest BCUT2D eigenvalue weighted by atomic mass is 16.1. The Morgan fingerprint density at radius 1 is 0.818 bits per heavy atom. The number of rotatable bonds is 4. The van der Waals surface area contributed by atoms with Gasteiger partial charge in [0.2, 0.25) is 0 Å². The van der Waals surface area contributed by atoms with Gasteiger partial charge in [-0.2, -0.15) is 0 Å². The van der Waals surface area contributed by atoms with Crippen LogP contribution in [0.1, 0.15) is 63.0 Å². The maximum Gasteiger partial charge on any atom is 0.170 e. The fourth-order valence-electron chi connectivity index (χ4n) is 3.30. The van der Waals surface area contributed by atoms with Crippen molar-refractivity contribution in [1.82, 2.24) is 0 Å². The van der Waals surface area contributed by atoms with E-state index in [2.05, 4.69) is 53.7 Å². The Morgan fingerprint density at radius 2 is 1.27 bits per heavy atom.